The summed E-state index contributed by atoms with van der Waals surface area (Å²) < 4.78 is 0. The summed E-state index contributed by atoms with van der Waals surface area (Å²) >= 11 is 3.04. The summed E-state index contributed by atoms with van der Waals surface area (Å²) in [5.41, 5.74) is 0.688. The fourth-order valence-corrected chi connectivity index (χ4v) is 1.25. The molecule has 4 nitrogen and oxygen atoms in total. The molecular formula is C9H8BrNO3. The molecule has 0 aromatic heterocycles. The summed E-state index contributed by atoms with van der Waals surface area (Å²) in [6.45, 7) is 0. The Morgan fingerprint density at radius 3 is 2.79 bits per heavy atom. The molecule has 0 spiro atoms. The van der Waals surface area contributed by atoms with Gasteiger partial charge < -0.3 is 0 Å². The Hall–Kier alpha value is -1.23. The first-order chi connectivity index (χ1) is 6.63. The number of benzene rings is 1. The molecule has 0 saturated carbocycles. The highest BCUT2D eigenvalue weighted by Crippen LogP contribution is 2.13. The van der Waals surface area contributed by atoms with Crippen LogP contribution < -0.4 is 0 Å². The van der Waals surface area contributed by atoms with Gasteiger partial charge in [-0.25, -0.2) is 0 Å². The molecule has 0 bridgehead atoms. The zero-order valence-electron chi connectivity index (χ0n) is 7.27. The van der Waals surface area contributed by atoms with E-state index in [4.69, 9.17) is 0 Å². The lowest BCUT2D eigenvalue weighted by atomic mass is 10.1. The molecule has 0 saturated heterocycles. The van der Waals surface area contributed by atoms with E-state index in [0.29, 0.717) is 5.56 Å². The highest BCUT2D eigenvalue weighted by molar-refractivity contribution is 9.09. The second-order valence-corrected chi connectivity index (χ2v) is 3.34. The fraction of sp³-hybridized carbons (Fsp3) is 0.222. The third-order valence-corrected chi connectivity index (χ3v) is 2.30. The highest BCUT2D eigenvalue weighted by atomic mass is 79.9. The number of ketones is 1. The first-order valence-corrected chi connectivity index (χ1v) is 5.06. The predicted octanol–water partition coefficient (Wildman–Crippen LogP) is 2.10. The van der Waals surface area contributed by atoms with E-state index in [1.807, 2.05) is 0 Å². The van der Waals surface area contributed by atoms with Crippen molar-refractivity contribution in [2.45, 2.75) is 6.42 Å². The minimum absolute atomic E-state index is 0.00509. The fourth-order valence-electron chi connectivity index (χ4n) is 1.05. The molecule has 0 aliphatic carbocycles. The molecule has 0 atom stereocenters. The van der Waals surface area contributed by atoms with Gasteiger partial charge in [0.25, 0.3) is 5.69 Å². The molecule has 0 aliphatic rings. The van der Waals surface area contributed by atoms with Crippen LogP contribution in [-0.4, -0.2) is 16.0 Å². The van der Waals surface area contributed by atoms with Crippen LogP contribution in [0, 0.1) is 10.1 Å². The summed E-state index contributed by atoms with van der Waals surface area (Å²) in [6.07, 6.45) is 0.229. The molecule has 1 aromatic rings. The van der Waals surface area contributed by atoms with Gasteiger partial charge in [-0.1, -0.05) is 28.1 Å². The molecule has 1 rings (SSSR count). The maximum atomic E-state index is 11.0. The molecule has 0 radical (unpaired) electrons. The number of rotatable bonds is 4. The van der Waals surface area contributed by atoms with Gasteiger partial charge in [0.15, 0.2) is 0 Å². The van der Waals surface area contributed by atoms with Crippen LogP contribution >= 0.6 is 15.9 Å². The van der Waals surface area contributed by atoms with Gasteiger partial charge in [0.2, 0.25) is 0 Å². The summed E-state index contributed by atoms with van der Waals surface area (Å²) in [4.78, 5) is 21.0. The zero-order valence-corrected chi connectivity index (χ0v) is 8.86. The van der Waals surface area contributed by atoms with E-state index in [1.165, 1.54) is 12.1 Å². The molecule has 1 aromatic carbocycles. The van der Waals surface area contributed by atoms with Crippen molar-refractivity contribution in [1.82, 2.24) is 0 Å². The van der Waals surface area contributed by atoms with Gasteiger partial charge in [0.05, 0.1) is 10.3 Å². The third kappa shape index (κ3) is 2.92. The van der Waals surface area contributed by atoms with Crippen molar-refractivity contribution in [1.29, 1.82) is 0 Å². The SMILES string of the molecule is O=C(CBr)Cc1cccc([N+](=O)[O-])c1. The van der Waals surface area contributed by atoms with E-state index >= 15 is 0 Å². The lowest BCUT2D eigenvalue weighted by Crippen LogP contribution is -2.03. The van der Waals surface area contributed by atoms with Crippen molar-refractivity contribution in [3.63, 3.8) is 0 Å². The smallest absolute Gasteiger partial charge is 0.269 e. The van der Waals surface area contributed by atoms with Crippen molar-refractivity contribution in [2.75, 3.05) is 5.33 Å². The summed E-state index contributed by atoms with van der Waals surface area (Å²) in [7, 11) is 0. The van der Waals surface area contributed by atoms with Crippen LogP contribution in [0.15, 0.2) is 24.3 Å². The maximum absolute atomic E-state index is 11.0. The number of hydrogen-bond donors (Lipinski definition) is 0. The first kappa shape index (κ1) is 10.8. The minimum Gasteiger partial charge on any atom is -0.298 e. The number of nitro groups is 1. The van der Waals surface area contributed by atoms with Crippen LogP contribution in [0.25, 0.3) is 0 Å². The average Bonchev–Trinajstić information content (AvgIpc) is 2.18. The molecule has 0 fully saturated rings. The number of carbonyl (C=O) groups is 1. The molecule has 74 valence electrons. The van der Waals surface area contributed by atoms with Gasteiger partial charge in [-0.3, -0.25) is 14.9 Å². The van der Waals surface area contributed by atoms with E-state index in [1.54, 1.807) is 12.1 Å². The van der Waals surface area contributed by atoms with Gasteiger partial charge in [-0.2, -0.15) is 0 Å². The van der Waals surface area contributed by atoms with E-state index in [-0.39, 0.29) is 23.2 Å². The van der Waals surface area contributed by atoms with Crippen molar-refractivity contribution >= 4 is 27.4 Å². The van der Waals surface area contributed by atoms with Gasteiger partial charge in [-0.15, -0.1) is 0 Å². The molecule has 0 unspecified atom stereocenters. The summed E-state index contributed by atoms with van der Waals surface area (Å²) in [6, 6.07) is 6.10. The molecule has 0 aliphatic heterocycles. The molecule has 5 heteroatoms. The van der Waals surface area contributed by atoms with Crippen LogP contribution in [0.5, 0.6) is 0 Å². The van der Waals surface area contributed by atoms with E-state index in [9.17, 15) is 14.9 Å². The monoisotopic (exact) mass is 257 g/mol. The van der Waals surface area contributed by atoms with Gasteiger partial charge >= 0.3 is 0 Å². The van der Waals surface area contributed by atoms with Crippen molar-refractivity contribution < 1.29 is 9.72 Å². The van der Waals surface area contributed by atoms with E-state index < -0.39 is 4.92 Å². The minimum atomic E-state index is -0.470. The number of halogens is 1. The van der Waals surface area contributed by atoms with Crippen LogP contribution in [0.2, 0.25) is 0 Å². The number of nitro benzene ring substituents is 1. The third-order valence-electron chi connectivity index (χ3n) is 1.67. The van der Waals surface area contributed by atoms with Crippen LogP contribution in [0.4, 0.5) is 5.69 Å². The Morgan fingerprint density at radius 1 is 1.50 bits per heavy atom. The summed E-state index contributed by atoms with van der Waals surface area (Å²) in [5, 5.41) is 10.7. The Balaban J connectivity index is 2.83. The Bertz CT molecular complexity index is 365. The van der Waals surface area contributed by atoms with Crippen LogP contribution in [0.1, 0.15) is 5.56 Å². The van der Waals surface area contributed by atoms with Crippen molar-refractivity contribution in [2.24, 2.45) is 0 Å². The van der Waals surface area contributed by atoms with E-state index in [0.717, 1.165) is 0 Å². The second-order valence-electron chi connectivity index (χ2n) is 2.78. The molecule has 0 heterocycles. The topological polar surface area (TPSA) is 60.2 Å². The lowest BCUT2D eigenvalue weighted by molar-refractivity contribution is -0.384. The normalized spacial score (nSPS) is 9.79. The van der Waals surface area contributed by atoms with Crippen molar-refractivity contribution in [3.05, 3.63) is 39.9 Å². The van der Waals surface area contributed by atoms with E-state index in [2.05, 4.69) is 15.9 Å². The van der Waals surface area contributed by atoms with Gasteiger partial charge in [0, 0.05) is 18.6 Å². The highest BCUT2D eigenvalue weighted by Gasteiger charge is 2.07. The second kappa shape index (κ2) is 4.85. The molecular weight excluding hydrogens is 250 g/mol. The standard InChI is InChI=1S/C9H8BrNO3/c10-6-9(12)5-7-2-1-3-8(4-7)11(13)14/h1-4H,5-6H2. The molecule has 0 N–H and O–H groups in total. The van der Waals surface area contributed by atoms with Crippen molar-refractivity contribution in [3.8, 4) is 0 Å². The zero-order chi connectivity index (χ0) is 10.6. The largest absolute Gasteiger partial charge is 0.298 e. The summed E-state index contributed by atoms with van der Waals surface area (Å²) in [5.74, 6) is 0.00509. The van der Waals surface area contributed by atoms with Gasteiger partial charge in [-0.05, 0) is 5.56 Å². The predicted molar refractivity (Wildman–Crippen MR) is 55.6 cm³/mol. The first-order valence-electron chi connectivity index (χ1n) is 3.94. The number of Topliss-reactive ketones (excluding diaryl/α,β-unsaturated/α-hetero) is 1. The number of hydrogen-bond acceptors (Lipinski definition) is 3. The van der Waals surface area contributed by atoms with Crippen LogP contribution in [-0.2, 0) is 11.2 Å². The number of non-ortho nitro benzene ring substituents is 1. The molecule has 0 amide bonds. The Labute approximate surface area is 89.2 Å². The lowest BCUT2D eigenvalue weighted by Gasteiger charge is -1.97. The molecule has 14 heavy (non-hydrogen) atoms. The number of alkyl halides is 1. The Morgan fingerprint density at radius 2 is 2.21 bits per heavy atom. The Kier molecular flexibility index (Phi) is 3.76. The quantitative estimate of drug-likeness (QED) is 0.472. The number of nitrogens with zero attached hydrogens (tertiary/aromatic N) is 1. The average molecular weight is 258 g/mol. The van der Waals surface area contributed by atoms with Crippen LogP contribution in [0.3, 0.4) is 0 Å². The maximum Gasteiger partial charge on any atom is 0.269 e. The van der Waals surface area contributed by atoms with Gasteiger partial charge in [0.1, 0.15) is 5.78 Å². The number of carbonyl (C=O) groups excluding carboxylic acids is 1.